The van der Waals surface area contributed by atoms with Crippen LogP contribution < -0.4 is 5.73 Å². The third-order valence-electron chi connectivity index (χ3n) is 7.07. The monoisotopic (exact) mass is 518 g/mol. The molecule has 0 aromatic heterocycles. The Balaban J connectivity index is 0.00000324. The Morgan fingerprint density at radius 2 is 1.76 bits per heavy atom. The summed E-state index contributed by atoms with van der Waals surface area (Å²) in [4.78, 5) is 40.1. The van der Waals surface area contributed by atoms with Crippen molar-refractivity contribution in [1.82, 2.24) is 4.90 Å². The maximum absolute atomic E-state index is 13.7. The van der Waals surface area contributed by atoms with Gasteiger partial charge in [0.2, 0.25) is 5.78 Å². The zero-order valence-corrected chi connectivity index (χ0v) is 21.6. The number of likely N-dealkylation sites (N-methyl/N-ethyl adjacent to an activating group) is 1. The summed E-state index contributed by atoms with van der Waals surface area (Å²) in [7, 11) is 2.97. The molecule has 7 N–H and O–H groups in total. The van der Waals surface area contributed by atoms with Gasteiger partial charge in [-0.05, 0) is 39.6 Å². The number of Topliss-reactive ketones (excluding diaryl/α,β-unsaturated/α-hetero) is 2. The summed E-state index contributed by atoms with van der Waals surface area (Å²) in [5, 5.41) is 55.2. The topological polar surface area (TPSA) is 182 Å². The number of amides is 1. The molecule has 1 amide bonds. The predicted octanol–water partition coefficient (Wildman–Crippen LogP) is -0.0984. The maximum Gasteiger partial charge on any atom is 2.00 e. The van der Waals surface area contributed by atoms with E-state index in [0.29, 0.717) is 0 Å². The Bertz CT molecular complexity index is 1210. The predicted molar refractivity (Wildman–Crippen MR) is 121 cm³/mol. The number of rotatable bonds is 2. The molecule has 0 aliphatic heterocycles. The van der Waals surface area contributed by atoms with Crippen LogP contribution in [0.1, 0.15) is 24.5 Å². The van der Waals surface area contributed by atoms with Crippen molar-refractivity contribution in [3.05, 3.63) is 45.2 Å². The summed E-state index contributed by atoms with van der Waals surface area (Å²) in [6, 6.07) is 1.24. The third kappa shape index (κ3) is 3.27. The largest absolute Gasteiger partial charge is 2.00 e. The van der Waals surface area contributed by atoms with Crippen molar-refractivity contribution in [2.45, 2.75) is 30.6 Å². The number of hydrogen-bond donors (Lipinski definition) is 6. The second-order valence-electron chi connectivity index (χ2n) is 9.08. The molecule has 12 heteroatoms. The van der Waals surface area contributed by atoms with Gasteiger partial charge in [0, 0.05) is 28.0 Å². The van der Waals surface area contributed by atoms with Crippen LogP contribution in [0.2, 0.25) is 5.02 Å². The van der Waals surface area contributed by atoms with Gasteiger partial charge in [-0.15, -0.1) is 0 Å². The van der Waals surface area contributed by atoms with E-state index in [1.807, 2.05) is 0 Å². The summed E-state index contributed by atoms with van der Waals surface area (Å²) < 4.78 is 0. The minimum atomic E-state index is -2.78. The summed E-state index contributed by atoms with van der Waals surface area (Å²) in [6.45, 7) is 1.34. The van der Waals surface area contributed by atoms with Gasteiger partial charge in [-0.25, -0.2) is 0 Å². The number of aliphatic hydroxyl groups is 4. The number of hydrogen-bond acceptors (Lipinski definition) is 9. The molecule has 176 valence electrons. The second-order valence-corrected chi connectivity index (χ2v) is 9.48. The molecule has 0 radical (unpaired) electrons. The van der Waals surface area contributed by atoms with E-state index in [1.165, 1.54) is 38.1 Å². The molecule has 0 bridgehead atoms. The molecule has 3 aliphatic rings. The fraction of sp³-hybridized carbons (Fsp3) is 0.409. The van der Waals surface area contributed by atoms with Gasteiger partial charge in [0.1, 0.15) is 22.8 Å². The number of phenolic OH excluding ortho intramolecular Hbond substituents is 1. The van der Waals surface area contributed by atoms with Crippen LogP contribution in [0.15, 0.2) is 29.0 Å². The van der Waals surface area contributed by atoms with Gasteiger partial charge < -0.3 is 31.3 Å². The Hall–Kier alpha value is -1.66. The van der Waals surface area contributed by atoms with Crippen molar-refractivity contribution in [1.29, 1.82) is 0 Å². The molecule has 1 fully saturated rings. The number of phenols is 1. The van der Waals surface area contributed by atoms with E-state index in [4.69, 9.17) is 17.3 Å². The van der Waals surface area contributed by atoms with Gasteiger partial charge in [0.25, 0.3) is 5.91 Å². The van der Waals surface area contributed by atoms with Gasteiger partial charge in [0.15, 0.2) is 11.4 Å². The molecule has 0 spiro atoms. The first-order valence-electron chi connectivity index (χ1n) is 10.1. The second kappa shape index (κ2) is 8.48. The van der Waals surface area contributed by atoms with Crippen LogP contribution in [0.3, 0.4) is 0 Å². The fourth-order valence-electron chi connectivity index (χ4n) is 5.58. The van der Waals surface area contributed by atoms with Crippen molar-refractivity contribution < 1.29 is 39.9 Å². The van der Waals surface area contributed by atoms with Gasteiger partial charge >= 0.3 is 37.7 Å². The van der Waals surface area contributed by atoms with Crippen LogP contribution in [0.4, 0.5) is 0 Å². The Morgan fingerprint density at radius 3 is 2.29 bits per heavy atom. The molecule has 5 atom stereocenters. The van der Waals surface area contributed by atoms with E-state index in [2.05, 4.69) is 0 Å². The number of nitrogens with zero attached hydrogens (tertiary/aromatic N) is 1. The number of aromatic hydroxyl groups is 1. The van der Waals surface area contributed by atoms with E-state index in [0.717, 1.165) is 0 Å². The van der Waals surface area contributed by atoms with Gasteiger partial charge in [-0.1, -0.05) is 11.6 Å². The first-order chi connectivity index (χ1) is 15.2. The van der Waals surface area contributed by atoms with Crippen LogP contribution in [0, 0.1) is 11.8 Å². The van der Waals surface area contributed by atoms with E-state index < -0.39 is 75.0 Å². The standard InChI is InChI=1S/C22H23ClN2O8.Ca/c1-21(32)7-6-8-15(25(2)3)17(28)13(20(24)31)19(30)22(8,33)18(29)11(7)16(27)12-10(26)5-4-9(23)14(12)21;/h4-5,7-8,15,26-27,30,32-33H,6H2,1-3H3,(H2,24,31);/q;+2/t7-,8-,15-,21-,22-;/m0./s1. The number of carbonyl (C=O) groups is 3. The van der Waals surface area contributed by atoms with Crippen LogP contribution in [-0.4, -0.2) is 111 Å². The number of benzene rings is 1. The minimum absolute atomic E-state index is 0. The zero-order chi connectivity index (χ0) is 24.8. The molecule has 4 rings (SSSR count). The molecule has 3 aliphatic carbocycles. The number of halogens is 1. The summed E-state index contributed by atoms with van der Waals surface area (Å²) in [6.07, 6.45) is -0.259. The Kier molecular flexibility index (Phi) is 6.71. The first-order valence-corrected chi connectivity index (χ1v) is 10.5. The minimum Gasteiger partial charge on any atom is -0.508 e. The third-order valence-corrected chi connectivity index (χ3v) is 7.39. The number of nitrogens with two attached hydrogens (primary N) is 1. The number of ketones is 2. The average molecular weight is 519 g/mol. The molecule has 0 heterocycles. The SMILES string of the molecule is CN(C)[C@@H]1C(=O)C(C(N)=O)=C(O)[C@@]2(O)C(=O)C3=C(O)c4c(O)ccc(Cl)c4[C@@](C)(O)[C@H]3C[C@@H]12.[Ca+2]. The summed E-state index contributed by atoms with van der Waals surface area (Å²) in [5.74, 6) is -8.30. The molecule has 0 saturated heterocycles. The molecule has 34 heavy (non-hydrogen) atoms. The first kappa shape index (κ1) is 26.9. The van der Waals surface area contributed by atoms with Gasteiger partial charge in [-0.2, -0.15) is 0 Å². The maximum atomic E-state index is 13.7. The molecule has 1 saturated carbocycles. The quantitative estimate of drug-likeness (QED) is 0.230. The number of carbonyl (C=O) groups excluding carboxylic acids is 3. The van der Waals surface area contributed by atoms with Crippen LogP contribution in [0.5, 0.6) is 5.75 Å². The van der Waals surface area contributed by atoms with Gasteiger partial charge in [-0.3, -0.25) is 19.3 Å². The summed E-state index contributed by atoms with van der Waals surface area (Å²) >= 11 is 6.28. The van der Waals surface area contributed by atoms with Crippen molar-refractivity contribution in [3.8, 4) is 5.75 Å². The Labute approximate surface area is 229 Å². The van der Waals surface area contributed by atoms with Crippen molar-refractivity contribution in [2.24, 2.45) is 17.6 Å². The van der Waals surface area contributed by atoms with E-state index >= 15 is 0 Å². The number of aliphatic hydroxyl groups excluding tert-OH is 2. The van der Waals surface area contributed by atoms with Crippen LogP contribution >= 0.6 is 11.6 Å². The molecule has 0 unspecified atom stereocenters. The van der Waals surface area contributed by atoms with E-state index in [1.54, 1.807) is 0 Å². The molecule has 1 aromatic carbocycles. The zero-order valence-electron chi connectivity index (χ0n) is 18.7. The summed E-state index contributed by atoms with van der Waals surface area (Å²) in [5.41, 5.74) is -1.10. The molecular formula is C22H23CaClN2O8+2. The van der Waals surface area contributed by atoms with Crippen molar-refractivity contribution in [3.63, 3.8) is 0 Å². The van der Waals surface area contributed by atoms with Gasteiger partial charge in [0.05, 0.1) is 17.2 Å². The normalized spacial score (nSPS) is 32.7. The number of primary amides is 1. The van der Waals surface area contributed by atoms with E-state index in [-0.39, 0.29) is 60.3 Å². The van der Waals surface area contributed by atoms with E-state index in [9.17, 15) is 39.9 Å². The molecular weight excluding hydrogens is 496 g/mol. The average Bonchev–Trinajstić information content (AvgIpc) is 2.69. The van der Waals surface area contributed by atoms with Crippen LogP contribution in [0.25, 0.3) is 5.76 Å². The molecule has 10 nitrogen and oxygen atoms in total. The smallest absolute Gasteiger partial charge is 0.508 e. The Morgan fingerprint density at radius 1 is 1.18 bits per heavy atom. The number of fused-ring (bicyclic) bond motifs is 3. The van der Waals surface area contributed by atoms with Crippen molar-refractivity contribution in [2.75, 3.05) is 14.1 Å². The van der Waals surface area contributed by atoms with Crippen LogP contribution in [-0.2, 0) is 20.0 Å². The fourth-order valence-corrected chi connectivity index (χ4v) is 5.93. The van der Waals surface area contributed by atoms with Crippen molar-refractivity contribution >= 4 is 72.6 Å². The molecule has 1 aromatic rings.